The van der Waals surface area contributed by atoms with E-state index in [1.807, 2.05) is 0 Å². The number of aromatic nitrogens is 2. The van der Waals surface area contributed by atoms with Crippen molar-refractivity contribution in [2.24, 2.45) is 0 Å². The summed E-state index contributed by atoms with van der Waals surface area (Å²) in [6.45, 7) is 0. The van der Waals surface area contributed by atoms with Gasteiger partial charge in [0, 0.05) is 39.1 Å². The Morgan fingerprint density at radius 3 is 1.25 bits per heavy atom. The van der Waals surface area contributed by atoms with Crippen molar-refractivity contribution in [3.05, 3.63) is 349 Å². The summed E-state index contributed by atoms with van der Waals surface area (Å²) in [6, 6.07) is 119. The molecule has 0 N–H and O–H groups in total. The van der Waals surface area contributed by atoms with Crippen LogP contribution in [0.5, 0.6) is 0 Å². The van der Waals surface area contributed by atoms with Gasteiger partial charge in [0.05, 0.1) is 27.8 Å². The first-order valence-electron chi connectivity index (χ1n) is 29.1. The Kier molecular flexibility index (Phi) is 10.8. The van der Waals surface area contributed by atoms with Crippen LogP contribution in [-0.4, -0.2) is 17.2 Å². The third kappa shape index (κ3) is 7.15. The topological polar surface area (TPSA) is 9.86 Å². The fourth-order valence-electron chi connectivity index (χ4n) is 15.0. The summed E-state index contributed by atoms with van der Waals surface area (Å²) in [6.07, 6.45) is 0. The monoisotopic (exact) mass is 1070 g/mol. The summed E-state index contributed by atoms with van der Waals surface area (Å²) in [5, 5.41) is 10.5. The van der Waals surface area contributed by atoms with Gasteiger partial charge in [0.15, 0.2) is 8.07 Å². The molecule has 3 aliphatic carbocycles. The van der Waals surface area contributed by atoms with Crippen LogP contribution in [0, 0.1) is 0 Å². The second kappa shape index (κ2) is 18.9. The predicted molar refractivity (Wildman–Crippen MR) is 350 cm³/mol. The van der Waals surface area contributed by atoms with Crippen LogP contribution in [0.1, 0.15) is 45.2 Å². The van der Waals surface area contributed by atoms with E-state index >= 15 is 0 Å². The van der Waals surface area contributed by atoms with E-state index in [1.165, 1.54) is 142 Å². The first-order chi connectivity index (χ1) is 41.2. The minimum Gasteiger partial charge on any atom is -0.309 e. The molecule has 15 aromatic rings. The minimum absolute atomic E-state index is 0.0392. The summed E-state index contributed by atoms with van der Waals surface area (Å²) in [5.41, 5.74) is 23.0. The van der Waals surface area contributed by atoms with Gasteiger partial charge in [-0.05, 0) is 142 Å². The van der Waals surface area contributed by atoms with Crippen LogP contribution in [0.15, 0.2) is 315 Å². The van der Waals surface area contributed by atoms with Crippen molar-refractivity contribution in [3.8, 4) is 44.8 Å². The molecule has 3 aliphatic rings. The van der Waals surface area contributed by atoms with E-state index in [0.717, 1.165) is 0 Å². The van der Waals surface area contributed by atoms with Gasteiger partial charge in [-0.15, -0.1) is 0 Å². The number of hydrogen-bond donors (Lipinski definition) is 0. The maximum Gasteiger partial charge on any atom is 0.179 e. The van der Waals surface area contributed by atoms with Gasteiger partial charge in [0.2, 0.25) is 0 Å². The molecule has 2 nitrogen and oxygen atoms in total. The van der Waals surface area contributed by atoms with Crippen LogP contribution in [0.25, 0.3) is 88.4 Å². The highest BCUT2D eigenvalue weighted by Gasteiger charge is 2.50. The molecular formula is C80H54N2Si. The van der Waals surface area contributed by atoms with Gasteiger partial charge in [0.25, 0.3) is 0 Å². The molecule has 0 saturated heterocycles. The van der Waals surface area contributed by atoms with E-state index in [0.29, 0.717) is 0 Å². The lowest BCUT2D eigenvalue weighted by molar-refractivity contribution is 0.752. The van der Waals surface area contributed by atoms with E-state index in [9.17, 15) is 0 Å². The van der Waals surface area contributed by atoms with Crippen molar-refractivity contribution in [3.63, 3.8) is 0 Å². The van der Waals surface area contributed by atoms with Crippen molar-refractivity contribution in [2.45, 2.75) is 11.8 Å². The van der Waals surface area contributed by atoms with E-state index in [1.54, 1.807) is 0 Å². The van der Waals surface area contributed by atoms with Crippen molar-refractivity contribution < 1.29 is 0 Å². The van der Waals surface area contributed by atoms with Gasteiger partial charge in [-0.25, -0.2) is 0 Å². The first-order valence-corrected chi connectivity index (χ1v) is 31.1. The smallest absolute Gasteiger partial charge is 0.179 e. The van der Waals surface area contributed by atoms with Gasteiger partial charge in [-0.3, -0.25) is 0 Å². The maximum atomic E-state index is 2.60. The van der Waals surface area contributed by atoms with E-state index in [4.69, 9.17) is 0 Å². The molecule has 2 heterocycles. The second-order valence-corrected chi connectivity index (χ2v) is 26.4. The van der Waals surface area contributed by atoms with Crippen LogP contribution >= 0.6 is 0 Å². The van der Waals surface area contributed by atoms with E-state index in [2.05, 4.69) is 325 Å². The van der Waals surface area contributed by atoms with Crippen LogP contribution in [0.4, 0.5) is 0 Å². The number of rotatable bonds is 9. The number of hydrogen-bond acceptors (Lipinski definition) is 0. The number of nitrogens with zero attached hydrogens (tertiary/aromatic N) is 2. The lowest BCUT2D eigenvalue weighted by Crippen LogP contribution is -2.75. The molecule has 0 radical (unpaired) electrons. The Labute approximate surface area is 484 Å². The molecule has 2 aromatic heterocycles. The zero-order chi connectivity index (χ0) is 54.6. The molecular weight excluding hydrogens is 1020 g/mol. The molecule has 0 amide bonds. The van der Waals surface area contributed by atoms with Crippen LogP contribution in [0.2, 0.25) is 0 Å². The van der Waals surface area contributed by atoms with Crippen LogP contribution in [-0.2, 0) is 0 Å². The zero-order valence-corrected chi connectivity index (χ0v) is 46.6. The lowest BCUT2D eigenvalue weighted by atomic mass is 9.60. The lowest BCUT2D eigenvalue weighted by Gasteiger charge is -2.47. The molecule has 83 heavy (non-hydrogen) atoms. The van der Waals surface area contributed by atoms with Crippen molar-refractivity contribution >= 4 is 72.4 Å². The summed E-state index contributed by atoms with van der Waals surface area (Å²) in [4.78, 5) is 0. The molecule has 3 heteroatoms. The minimum atomic E-state index is -3.25. The third-order valence-electron chi connectivity index (χ3n) is 18.4. The molecule has 18 rings (SSSR count). The summed E-state index contributed by atoms with van der Waals surface area (Å²) in [5.74, 6) is -0.0173. The molecule has 2 atom stereocenters. The third-order valence-corrected chi connectivity index (χ3v) is 23.2. The van der Waals surface area contributed by atoms with E-state index in [-0.39, 0.29) is 11.8 Å². The fraction of sp³-hybridized carbons (Fsp3) is 0.0250. The Hall–Kier alpha value is -10.3. The fourth-order valence-corrected chi connectivity index (χ4v) is 20.1. The number of para-hydroxylation sites is 3. The summed E-state index contributed by atoms with van der Waals surface area (Å²) < 4.78 is 5.00. The number of fused-ring (bicyclic) bond motifs is 6. The zero-order valence-electron chi connectivity index (χ0n) is 45.6. The molecule has 13 aromatic carbocycles. The van der Waals surface area contributed by atoms with Crippen molar-refractivity contribution in [2.75, 3.05) is 0 Å². The highest BCUT2D eigenvalue weighted by Crippen LogP contribution is 2.57. The summed E-state index contributed by atoms with van der Waals surface area (Å²) in [7, 11) is -3.25. The van der Waals surface area contributed by atoms with E-state index < -0.39 is 8.07 Å². The first kappa shape index (κ1) is 47.5. The quantitative estimate of drug-likeness (QED) is 0.101. The van der Waals surface area contributed by atoms with Gasteiger partial charge < -0.3 is 9.13 Å². The van der Waals surface area contributed by atoms with Gasteiger partial charge in [-0.1, -0.05) is 261 Å². The average Bonchev–Trinajstić information content (AvgIpc) is 1.54. The molecule has 0 saturated carbocycles. The SMILES string of the molecule is c1ccc(-c2cccc([Si](c3ccccc3)(c3cccc(-c4ccccc4)c3)c3cccc4c3C3c5ccccc5C4c4cccc(-n5c6ccccc6c6cc(-c7ccc8c(c7)c7ccccc7n8-c7ccccc7)ccc65)c43)c2)cc1. The maximum absolute atomic E-state index is 3.25. The summed E-state index contributed by atoms with van der Waals surface area (Å²) >= 11 is 0. The largest absolute Gasteiger partial charge is 0.309 e. The van der Waals surface area contributed by atoms with Crippen LogP contribution < -0.4 is 20.7 Å². The Morgan fingerprint density at radius 2 is 0.651 bits per heavy atom. The molecule has 0 aliphatic heterocycles. The highest BCUT2D eigenvalue weighted by molar-refractivity contribution is 7.20. The standard InChI is InChI=1S/C80H54N2Si/c1-5-23-53(24-6-1)55-27-19-33-61(49-55)83(60-31-11-4-12-32-60,62-34-20-28-56(50-62)54-25-7-2-8-26-54)76-44-22-40-68-77-65-37-13-14-38-66(65)80(79(68)76)78-67(77)39-21-43-75(78)82-72-42-18-16-36-64(72)70-52-58(46-48-74(70)82)57-45-47-73-69(51-57)63-35-15-17-41-71(63)81(73)59-29-9-3-10-30-59/h1-52,77,80H. The van der Waals surface area contributed by atoms with Crippen LogP contribution in [0.3, 0.4) is 0 Å². The molecule has 2 unspecified atom stereocenters. The van der Waals surface area contributed by atoms with Crippen molar-refractivity contribution in [1.82, 2.24) is 9.13 Å². The molecule has 0 spiro atoms. The Balaban J connectivity index is 0.904. The predicted octanol–water partition coefficient (Wildman–Crippen LogP) is 17.2. The molecule has 388 valence electrons. The normalized spacial score (nSPS) is 14.3. The van der Waals surface area contributed by atoms with Gasteiger partial charge in [-0.2, -0.15) is 0 Å². The van der Waals surface area contributed by atoms with Gasteiger partial charge >= 0.3 is 0 Å². The number of benzene rings is 13. The second-order valence-electron chi connectivity index (χ2n) is 22.6. The highest BCUT2D eigenvalue weighted by atomic mass is 28.3. The Bertz CT molecular complexity index is 4950. The van der Waals surface area contributed by atoms with Gasteiger partial charge in [0.1, 0.15) is 0 Å². The van der Waals surface area contributed by atoms with Crippen molar-refractivity contribution in [1.29, 1.82) is 0 Å². The molecule has 2 bridgehead atoms. The average molecular weight is 1070 g/mol. The molecule has 0 fully saturated rings. The Morgan fingerprint density at radius 1 is 0.241 bits per heavy atom.